The highest BCUT2D eigenvalue weighted by atomic mass is 35.5. The number of methoxy groups -OCH3 is 1. The molecule has 1 fully saturated rings. The lowest BCUT2D eigenvalue weighted by molar-refractivity contribution is -0.140. The molecule has 4 nitrogen and oxygen atoms in total. The Bertz CT molecular complexity index is 538. The molecule has 1 heterocycles. The second-order valence-corrected chi connectivity index (χ2v) is 6.39. The summed E-state index contributed by atoms with van der Waals surface area (Å²) >= 11 is 13.3. The molecule has 0 N–H and O–H groups in total. The van der Waals surface area contributed by atoms with E-state index >= 15 is 0 Å². The van der Waals surface area contributed by atoms with Crippen molar-refractivity contribution in [2.24, 2.45) is 0 Å². The van der Waals surface area contributed by atoms with Crippen molar-refractivity contribution >= 4 is 46.8 Å². The lowest BCUT2D eigenvalue weighted by Gasteiger charge is -2.31. The average Bonchev–Trinajstić information content (AvgIpc) is 2.48. The second-order valence-electron chi connectivity index (χ2n) is 4.26. The molecule has 1 atom stereocenters. The van der Waals surface area contributed by atoms with E-state index in [0.29, 0.717) is 34.5 Å². The Balaban J connectivity index is 2.12. The smallest absolute Gasteiger partial charge is 0.320 e. The number of hydrogen-bond donors (Lipinski definition) is 0. The van der Waals surface area contributed by atoms with Gasteiger partial charge in [-0.05, 0) is 18.2 Å². The number of esters is 1. The van der Waals surface area contributed by atoms with E-state index in [4.69, 9.17) is 27.9 Å². The van der Waals surface area contributed by atoms with Crippen LogP contribution in [0, 0.1) is 0 Å². The predicted octanol–water partition coefficient (Wildman–Crippen LogP) is 2.72. The van der Waals surface area contributed by atoms with Crippen molar-refractivity contribution in [3.8, 4) is 0 Å². The highest BCUT2D eigenvalue weighted by Gasteiger charge is 2.30. The van der Waals surface area contributed by atoms with Crippen LogP contribution in [-0.4, -0.2) is 48.0 Å². The maximum Gasteiger partial charge on any atom is 0.320 e. The molecule has 0 unspecified atom stereocenters. The van der Waals surface area contributed by atoms with Crippen molar-refractivity contribution in [1.82, 2.24) is 4.90 Å². The number of nitrogens with zero attached hydrogens (tertiary/aromatic N) is 1. The molecule has 0 bridgehead atoms. The maximum atomic E-state index is 12.4. The first kappa shape index (κ1) is 15.5. The van der Waals surface area contributed by atoms with Gasteiger partial charge in [0.2, 0.25) is 0 Å². The highest BCUT2D eigenvalue weighted by Crippen LogP contribution is 2.25. The quantitative estimate of drug-likeness (QED) is 0.781. The molecule has 1 saturated heterocycles. The fraction of sp³-hybridized carbons (Fsp3) is 0.385. The third kappa shape index (κ3) is 3.40. The number of amides is 1. The van der Waals surface area contributed by atoms with E-state index in [1.54, 1.807) is 23.1 Å². The number of carbonyl (C=O) groups excluding carboxylic acids is 2. The molecule has 1 aromatic rings. The second kappa shape index (κ2) is 6.70. The molecule has 7 heteroatoms. The van der Waals surface area contributed by atoms with Crippen LogP contribution in [0.15, 0.2) is 18.2 Å². The summed E-state index contributed by atoms with van der Waals surface area (Å²) in [6.07, 6.45) is 0. The van der Waals surface area contributed by atoms with Gasteiger partial charge in [0.05, 0.1) is 17.2 Å². The third-order valence-electron chi connectivity index (χ3n) is 2.98. The zero-order valence-corrected chi connectivity index (χ0v) is 13.1. The zero-order chi connectivity index (χ0) is 14.7. The van der Waals surface area contributed by atoms with Crippen LogP contribution in [-0.2, 0) is 9.53 Å². The molecule has 1 aromatic carbocycles. The fourth-order valence-corrected chi connectivity index (χ4v) is 3.35. The Morgan fingerprint density at radius 3 is 2.75 bits per heavy atom. The van der Waals surface area contributed by atoms with Gasteiger partial charge in [0.25, 0.3) is 5.91 Å². The molecule has 2 rings (SSSR count). The topological polar surface area (TPSA) is 46.6 Å². The Hall–Kier alpha value is -0.910. The van der Waals surface area contributed by atoms with Gasteiger partial charge < -0.3 is 9.64 Å². The average molecular weight is 334 g/mol. The van der Waals surface area contributed by atoms with Crippen LogP contribution in [0.1, 0.15) is 10.4 Å². The van der Waals surface area contributed by atoms with Crippen molar-refractivity contribution in [3.05, 3.63) is 33.8 Å². The standard InChI is InChI=1S/C13H13Cl2NO3S/c1-19-13(18)11-7-16(4-5-20-11)12(17)8-2-3-9(14)10(15)6-8/h2-3,6,11H,4-5,7H2,1H3/t11-/m1/s1. The molecule has 1 amide bonds. The van der Waals surface area contributed by atoms with Crippen LogP contribution in [0.2, 0.25) is 10.0 Å². The molecule has 1 aliphatic heterocycles. The maximum absolute atomic E-state index is 12.4. The van der Waals surface area contributed by atoms with E-state index in [-0.39, 0.29) is 17.1 Å². The fourth-order valence-electron chi connectivity index (χ4n) is 1.92. The first-order valence-electron chi connectivity index (χ1n) is 5.96. The third-order valence-corrected chi connectivity index (χ3v) is 4.89. The minimum Gasteiger partial charge on any atom is -0.468 e. The lowest BCUT2D eigenvalue weighted by atomic mass is 10.2. The summed E-state index contributed by atoms with van der Waals surface area (Å²) in [7, 11) is 1.35. The minimum atomic E-state index is -0.333. The Kier molecular flexibility index (Phi) is 5.18. The van der Waals surface area contributed by atoms with Gasteiger partial charge >= 0.3 is 5.97 Å². The molecule has 0 saturated carbocycles. The van der Waals surface area contributed by atoms with Gasteiger partial charge in [0.1, 0.15) is 5.25 Å². The van der Waals surface area contributed by atoms with Gasteiger partial charge in [-0.3, -0.25) is 9.59 Å². The number of halogens is 2. The molecule has 20 heavy (non-hydrogen) atoms. The summed E-state index contributed by atoms with van der Waals surface area (Å²) in [6, 6.07) is 4.76. The highest BCUT2D eigenvalue weighted by molar-refractivity contribution is 8.00. The predicted molar refractivity (Wildman–Crippen MR) is 80.6 cm³/mol. The van der Waals surface area contributed by atoms with Crippen LogP contribution in [0.25, 0.3) is 0 Å². The molecular weight excluding hydrogens is 321 g/mol. The van der Waals surface area contributed by atoms with Crippen molar-refractivity contribution in [2.75, 3.05) is 26.0 Å². The summed E-state index contributed by atoms with van der Waals surface area (Å²) in [6.45, 7) is 0.938. The van der Waals surface area contributed by atoms with Crippen LogP contribution in [0.4, 0.5) is 0 Å². The number of carbonyl (C=O) groups is 2. The summed E-state index contributed by atoms with van der Waals surface area (Å²) in [5, 5.41) is 0.416. The molecule has 0 aliphatic carbocycles. The van der Waals surface area contributed by atoms with Crippen molar-refractivity contribution in [2.45, 2.75) is 5.25 Å². The lowest BCUT2D eigenvalue weighted by Crippen LogP contribution is -2.44. The van der Waals surface area contributed by atoms with Gasteiger partial charge in [-0.2, -0.15) is 0 Å². The van der Waals surface area contributed by atoms with E-state index in [2.05, 4.69) is 0 Å². The van der Waals surface area contributed by atoms with Crippen LogP contribution >= 0.6 is 35.0 Å². The number of rotatable bonds is 2. The van der Waals surface area contributed by atoms with E-state index in [9.17, 15) is 9.59 Å². The Labute approximate surface area is 131 Å². The van der Waals surface area contributed by atoms with Crippen molar-refractivity contribution in [3.63, 3.8) is 0 Å². The van der Waals surface area contributed by atoms with E-state index in [0.717, 1.165) is 0 Å². The van der Waals surface area contributed by atoms with Gasteiger partial charge in [-0.15, -0.1) is 11.8 Å². The van der Waals surface area contributed by atoms with Gasteiger partial charge in [-0.1, -0.05) is 23.2 Å². The monoisotopic (exact) mass is 333 g/mol. The van der Waals surface area contributed by atoms with E-state index in [1.165, 1.54) is 18.9 Å². The van der Waals surface area contributed by atoms with Crippen LogP contribution < -0.4 is 0 Å². The minimum absolute atomic E-state index is 0.155. The van der Waals surface area contributed by atoms with E-state index in [1.807, 2.05) is 0 Å². The summed E-state index contributed by atoms with van der Waals surface area (Å²) in [4.78, 5) is 25.6. The van der Waals surface area contributed by atoms with Crippen LogP contribution in [0.5, 0.6) is 0 Å². The Morgan fingerprint density at radius 1 is 1.35 bits per heavy atom. The largest absolute Gasteiger partial charge is 0.468 e. The molecule has 108 valence electrons. The van der Waals surface area contributed by atoms with E-state index < -0.39 is 0 Å². The summed E-state index contributed by atoms with van der Waals surface area (Å²) in [5.74, 6) is 0.242. The van der Waals surface area contributed by atoms with Gasteiger partial charge in [0.15, 0.2) is 0 Å². The van der Waals surface area contributed by atoms with Crippen molar-refractivity contribution < 1.29 is 14.3 Å². The SMILES string of the molecule is COC(=O)[C@H]1CN(C(=O)c2ccc(Cl)c(Cl)c2)CCS1. The molecule has 1 aliphatic rings. The zero-order valence-electron chi connectivity index (χ0n) is 10.8. The molecule has 0 aromatic heterocycles. The molecule has 0 spiro atoms. The first-order chi connectivity index (χ1) is 9.52. The number of thioether (sulfide) groups is 1. The number of benzene rings is 1. The first-order valence-corrected chi connectivity index (χ1v) is 7.77. The number of ether oxygens (including phenoxy) is 1. The normalized spacial score (nSPS) is 18.8. The van der Waals surface area contributed by atoms with Crippen molar-refractivity contribution in [1.29, 1.82) is 0 Å². The molecular formula is C13H13Cl2NO3S. The summed E-state index contributed by atoms with van der Waals surface area (Å²) in [5.41, 5.74) is 0.468. The summed E-state index contributed by atoms with van der Waals surface area (Å²) < 4.78 is 4.72. The molecule has 0 radical (unpaired) electrons. The van der Waals surface area contributed by atoms with Crippen LogP contribution in [0.3, 0.4) is 0 Å². The van der Waals surface area contributed by atoms with Gasteiger partial charge in [-0.25, -0.2) is 0 Å². The Morgan fingerprint density at radius 2 is 2.10 bits per heavy atom. The number of hydrogen-bond acceptors (Lipinski definition) is 4. The van der Waals surface area contributed by atoms with Gasteiger partial charge in [0, 0.05) is 24.4 Å².